The van der Waals surface area contributed by atoms with Crippen LogP contribution in [0.4, 0.5) is 0 Å². The number of nitrogens with one attached hydrogen (secondary N) is 1. The molecule has 144 valence electrons. The van der Waals surface area contributed by atoms with E-state index in [0.29, 0.717) is 17.1 Å². The Morgan fingerprint density at radius 3 is 2.39 bits per heavy atom. The van der Waals surface area contributed by atoms with Crippen LogP contribution in [0.2, 0.25) is 0 Å². The quantitative estimate of drug-likeness (QED) is 0.614. The molecule has 0 aliphatic heterocycles. The average molecular weight is 397 g/mol. The molecule has 7 heteroatoms. The molecule has 0 bridgehead atoms. The first kappa shape index (κ1) is 19.6. The summed E-state index contributed by atoms with van der Waals surface area (Å²) in [4.78, 5) is 12.4. The maximum atomic E-state index is 12.4. The molecule has 0 aliphatic rings. The Kier molecular flexibility index (Phi) is 6.08. The fourth-order valence-corrected chi connectivity index (χ4v) is 3.25. The molecule has 1 N–H and O–H groups in total. The second-order valence-corrected chi connectivity index (χ2v) is 7.72. The van der Waals surface area contributed by atoms with Gasteiger partial charge in [-0.2, -0.15) is 0 Å². The highest BCUT2D eigenvalue weighted by molar-refractivity contribution is 7.89. The summed E-state index contributed by atoms with van der Waals surface area (Å²) in [6.07, 6.45) is 0. The minimum Gasteiger partial charge on any atom is -0.457 e. The fraction of sp³-hybridized carbons (Fsp3) is 0.0952. The van der Waals surface area contributed by atoms with E-state index in [2.05, 4.69) is 4.72 Å². The zero-order valence-corrected chi connectivity index (χ0v) is 16.0. The average Bonchev–Trinajstić information content (AvgIpc) is 2.73. The van der Waals surface area contributed by atoms with Crippen molar-refractivity contribution in [2.75, 3.05) is 7.05 Å². The first-order valence-corrected chi connectivity index (χ1v) is 9.99. The monoisotopic (exact) mass is 397 g/mol. The molecule has 0 saturated carbocycles. The second kappa shape index (κ2) is 8.69. The van der Waals surface area contributed by atoms with Crippen LogP contribution in [0.25, 0.3) is 0 Å². The number of hydrogen-bond acceptors (Lipinski definition) is 5. The lowest BCUT2D eigenvalue weighted by Gasteiger charge is -2.12. The van der Waals surface area contributed by atoms with Crippen LogP contribution in [0, 0.1) is 0 Å². The van der Waals surface area contributed by atoms with Crippen molar-refractivity contribution in [3.05, 3.63) is 90.0 Å². The smallest absolute Gasteiger partial charge is 0.338 e. The molecule has 0 spiro atoms. The molecular weight excluding hydrogens is 378 g/mol. The van der Waals surface area contributed by atoms with Gasteiger partial charge in [-0.3, -0.25) is 0 Å². The highest BCUT2D eigenvalue weighted by Gasteiger charge is 2.16. The van der Waals surface area contributed by atoms with Crippen molar-refractivity contribution >= 4 is 16.0 Å². The molecule has 0 radical (unpaired) electrons. The van der Waals surface area contributed by atoms with Crippen molar-refractivity contribution in [2.45, 2.75) is 11.5 Å². The van der Waals surface area contributed by atoms with Crippen LogP contribution in [-0.4, -0.2) is 21.4 Å². The van der Waals surface area contributed by atoms with E-state index in [1.54, 1.807) is 12.1 Å². The Hall–Kier alpha value is -3.16. The third kappa shape index (κ3) is 4.76. The third-order valence-electron chi connectivity index (χ3n) is 3.95. The van der Waals surface area contributed by atoms with Gasteiger partial charge in [0.25, 0.3) is 0 Å². The summed E-state index contributed by atoms with van der Waals surface area (Å²) in [5, 5.41) is 0. The van der Waals surface area contributed by atoms with Gasteiger partial charge in [0.2, 0.25) is 10.0 Å². The summed E-state index contributed by atoms with van der Waals surface area (Å²) in [6, 6.07) is 22.2. The first-order valence-electron chi connectivity index (χ1n) is 8.51. The molecule has 0 fully saturated rings. The Bertz CT molecular complexity index is 1060. The van der Waals surface area contributed by atoms with Crippen LogP contribution < -0.4 is 9.46 Å². The summed E-state index contributed by atoms with van der Waals surface area (Å²) in [5.74, 6) is 0.627. The van der Waals surface area contributed by atoms with Crippen molar-refractivity contribution in [1.29, 1.82) is 0 Å². The summed E-state index contributed by atoms with van der Waals surface area (Å²) < 4.78 is 37.2. The second-order valence-electron chi connectivity index (χ2n) is 5.83. The SMILES string of the molecule is CNS(=O)(=O)c1cccc(C(=O)OCc2ccccc2Oc2ccccc2)c1. The van der Waals surface area contributed by atoms with E-state index in [0.717, 1.165) is 0 Å². The summed E-state index contributed by atoms with van der Waals surface area (Å²) in [6.45, 7) is -0.00908. The van der Waals surface area contributed by atoms with E-state index in [9.17, 15) is 13.2 Å². The van der Waals surface area contributed by atoms with Crippen molar-refractivity contribution in [1.82, 2.24) is 4.72 Å². The maximum Gasteiger partial charge on any atom is 0.338 e. The molecule has 0 aliphatic carbocycles. The lowest BCUT2D eigenvalue weighted by atomic mass is 10.2. The molecule has 0 amide bonds. The van der Waals surface area contributed by atoms with Gasteiger partial charge in [-0.1, -0.05) is 42.5 Å². The van der Waals surface area contributed by atoms with Crippen LogP contribution in [0.1, 0.15) is 15.9 Å². The van der Waals surface area contributed by atoms with Gasteiger partial charge in [0, 0.05) is 5.56 Å². The molecule has 28 heavy (non-hydrogen) atoms. The van der Waals surface area contributed by atoms with Crippen molar-refractivity contribution < 1.29 is 22.7 Å². The summed E-state index contributed by atoms with van der Waals surface area (Å²) in [7, 11) is -2.33. The van der Waals surface area contributed by atoms with Crippen molar-refractivity contribution in [2.24, 2.45) is 0 Å². The van der Waals surface area contributed by atoms with Crippen LogP contribution in [0.15, 0.2) is 83.8 Å². The van der Waals surface area contributed by atoms with Gasteiger partial charge in [-0.15, -0.1) is 0 Å². The fourth-order valence-electron chi connectivity index (χ4n) is 2.47. The highest BCUT2D eigenvalue weighted by atomic mass is 32.2. The van der Waals surface area contributed by atoms with E-state index in [1.807, 2.05) is 42.5 Å². The summed E-state index contributed by atoms with van der Waals surface area (Å²) in [5.41, 5.74) is 0.844. The number of para-hydroxylation sites is 2. The van der Waals surface area contributed by atoms with E-state index in [-0.39, 0.29) is 17.1 Å². The van der Waals surface area contributed by atoms with Gasteiger partial charge < -0.3 is 9.47 Å². The number of benzene rings is 3. The lowest BCUT2D eigenvalue weighted by Crippen LogP contribution is -2.19. The minimum atomic E-state index is -3.64. The predicted molar refractivity (Wildman–Crippen MR) is 105 cm³/mol. The van der Waals surface area contributed by atoms with Crippen molar-refractivity contribution in [3.63, 3.8) is 0 Å². The lowest BCUT2D eigenvalue weighted by molar-refractivity contribution is 0.0470. The van der Waals surface area contributed by atoms with Crippen LogP contribution in [-0.2, 0) is 21.4 Å². The number of carbonyl (C=O) groups is 1. The van der Waals surface area contributed by atoms with E-state index in [1.165, 1.54) is 31.3 Å². The molecule has 0 aromatic heterocycles. The maximum absolute atomic E-state index is 12.4. The molecule has 3 rings (SSSR count). The standard InChI is InChI=1S/C21H19NO5S/c1-22-28(24,25)19-12-7-9-16(14-19)21(23)26-15-17-8-5-6-13-20(17)27-18-10-3-2-4-11-18/h2-14,22H,15H2,1H3. The molecule has 3 aromatic rings. The molecule has 3 aromatic carbocycles. The predicted octanol–water partition coefficient (Wildman–Crippen LogP) is 3.74. The molecular formula is C21H19NO5S. The Balaban J connectivity index is 1.73. The zero-order chi connectivity index (χ0) is 20.0. The molecule has 0 saturated heterocycles. The number of sulfonamides is 1. The number of esters is 1. The van der Waals surface area contributed by atoms with E-state index in [4.69, 9.17) is 9.47 Å². The number of rotatable bonds is 7. The van der Waals surface area contributed by atoms with Crippen molar-refractivity contribution in [3.8, 4) is 11.5 Å². The van der Waals surface area contributed by atoms with Gasteiger partial charge in [0.05, 0.1) is 10.5 Å². The normalized spacial score (nSPS) is 11.0. The van der Waals surface area contributed by atoms with Gasteiger partial charge in [0.1, 0.15) is 18.1 Å². The molecule has 6 nitrogen and oxygen atoms in total. The first-order chi connectivity index (χ1) is 13.5. The van der Waals surface area contributed by atoms with Crippen LogP contribution in [0.3, 0.4) is 0 Å². The van der Waals surface area contributed by atoms with Crippen LogP contribution in [0.5, 0.6) is 11.5 Å². The molecule has 0 unspecified atom stereocenters. The molecule has 0 heterocycles. The highest BCUT2D eigenvalue weighted by Crippen LogP contribution is 2.26. The van der Waals surface area contributed by atoms with Gasteiger partial charge in [0.15, 0.2) is 0 Å². The zero-order valence-electron chi connectivity index (χ0n) is 15.2. The minimum absolute atomic E-state index is 0.00254. The van der Waals surface area contributed by atoms with E-state index >= 15 is 0 Å². The van der Waals surface area contributed by atoms with E-state index < -0.39 is 16.0 Å². The largest absolute Gasteiger partial charge is 0.457 e. The Morgan fingerprint density at radius 2 is 1.64 bits per heavy atom. The van der Waals surface area contributed by atoms with Gasteiger partial charge >= 0.3 is 5.97 Å². The van der Waals surface area contributed by atoms with Gasteiger partial charge in [-0.25, -0.2) is 17.9 Å². The number of carbonyl (C=O) groups excluding carboxylic acids is 1. The number of hydrogen-bond donors (Lipinski definition) is 1. The van der Waals surface area contributed by atoms with Gasteiger partial charge in [-0.05, 0) is 43.4 Å². The summed E-state index contributed by atoms with van der Waals surface area (Å²) >= 11 is 0. The van der Waals surface area contributed by atoms with Crippen LogP contribution >= 0.6 is 0 Å². The third-order valence-corrected chi connectivity index (χ3v) is 5.36. The molecule has 0 atom stereocenters. The Labute approximate surface area is 163 Å². The Morgan fingerprint density at radius 1 is 0.929 bits per heavy atom. The number of ether oxygens (including phenoxy) is 2. The topological polar surface area (TPSA) is 81.7 Å².